The number of ether oxygens (including phenoxy) is 2. The average Bonchev–Trinajstić information content (AvgIpc) is 2.63. The molecule has 152 valence electrons. The molecule has 28 heavy (non-hydrogen) atoms. The van der Waals surface area contributed by atoms with Gasteiger partial charge in [0, 0.05) is 12.8 Å². The Bertz CT molecular complexity index is 789. The van der Waals surface area contributed by atoms with E-state index in [-0.39, 0.29) is 36.8 Å². The summed E-state index contributed by atoms with van der Waals surface area (Å²) in [5.41, 5.74) is 1.18. The second-order valence-corrected chi connectivity index (χ2v) is 8.75. The predicted octanol–water partition coefficient (Wildman–Crippen LogP) is 5.67. The fourth-order valence-electron chi connectivity index (χ4n) is 3.35. The number of benzene rings is 2. The summed E-state index contributed by atoms with van der Waals surface area (Å²) in [5.74, 6) is -0.207. The van der Waals surface area contributed by atoms with Gasteiger partial charge in [0.1, 0.15) is 6.61 Å². The molecule has 0 saturated heterocycles. The van der Waals surface area contributed by atoms with Crippen LogP contribution < -0.4 is 0 Å². The minimum absolute atomic E-state index is 0.222. The predicted molar refractivity (Wildman–Crippen MR) is 112 cm³/mol. The number of rotatable bonds is 9. The minimum Gasteiger partial charge on any atom is -0.465 e. The van der Waals surface area contributed by atoms with Gasteiger partial charge in [-0.2, -0.15) is 0 Å². The molecule has 2 aromatic carbocycles. The third-order valence-corrected chi connectivity index (χ3v) is 4.47. The van der Waals surface area contributed by atoms with Gasteiger partial charge in [-0.05, 0) is 46.6 Å². The summed E-state index contributed by atoms with van der Waals surface area (Å²) in [6.07, 6.45) is 1.91. The summed E-state index contributed by atoms with van der Waals surface area (Å²) >= 11 is 0. The van der Waals surface area contributed by atoms with Crippen LogP contribution in [0.2, 0.25) is 0 Å². The first kappa shape index (κ1) is 21.9. The second kappa shape index (κ2) is 10.3. The van der Waals surface area contributed by atoms with Crippen molar-refractivity contribution in [2.24, 2.45) is 11.3 Å². The van der Waals surface area contributed by atoms with E-state index in [1.807, 2.05) is 42.5 Å². The number of hydrogen-bond donors (Lipinski definition) is 0. The zero-order valence-corrected chi connectivity index (χ0v) is 17.5. The molecule has 0 bridgehead atoms. The second-order valence-electron chi connectivity index (χ2n) is 8.75. The van der Waals surface area contributed by atoms with E-state index in [0.717, 1.165) is 22.8 Å². The SMILES string of the molecule is CC(COC(=O)CCCC(=O)OCc1ccc2ccccc2c1)CC(C)(C)C. The quantitative estimate of drug-likeness (QED) is 0.523. The third-order valence-electron chi connectivity index (χ3n) is 4.47. The number of carbonyl (C=O) groups excluding carboxylic acids is 2. The lowest BCUT2D eigenvalue weighted by Crippen LogP contribution is -2.17. The van der Waals surface area contributed by atoms with Crippen molar-refractivity contribution in [2.75, 3.05) is 6.61 Å². The minimum atomic E-state index is -0.290. The van der Waals surface area contributed by atoms with E-state index >= 15 is 0 Å². The zero-order valence-electron chi connectivity index (χ0n) is 17.5. The van der Waals surface area contributed by atoms with Gasteiger partial charge in [0.25, 0.3) is 0 Å². The number of esters is 2. The van der Waals surface area contributed by atoms with E-state index in [0.29, 0.717) is 18.9 Å². The molecule has 0 heterocycles. The highest BCUT2D eigenvalue weighted by Gasteiger charge is 2.16. The van der Waals surface area contributed by atoms with Crippen LogP contribution in [-0.4, -0.2) is 18.5 Å². The third kappa shape index (κ3) is 8.12. The molecule has 0 aromatic heterocycles. The summed E-state index contributed by atoms with van der Waals surface area (Å²) in [4.78, 5) is 23.7. The van der Waals surface area contributed by atoms with Crippen molar-refractivity contribution in [3.05, 3.63) is 48.0 Å². The van der Waals surface area contributed by atoms with Gasteiger partial charge in [-0.1, -0.05) is 64.1 Å². The summed E-state index contributed by atoms with van der Waals surface area (Å²) in [5, 5.41) is 2.28. The normalized spacial score (nSPS) is 12.6. The smallest absolute Gasteiger partial charge is 0.306 e. The molecule has 0 aliphatic carbocycles. The van der Waals surface area contributed by atoms with Crippen LogP contribution in [0.4, 0.5) is 0 Å². The van der Waals surface area contributed by atoms with Crippen LogP contribution in [0, 0.1) is 11.3 Å². The molecule has 0 N–H and O–H groups in total. The van der Waals surface area contributed by atoms with Crippen molar-refractivity contribution in [1.82, 2.24) is 0 Å². The lowest BCUT2D eigenvalue weighted by atomic mass is 9.86. The van der Waals surface area contributed by atoms with Crippen LogP contribution >= 0.6 is 0 Å². The molecule has 2 rings (SSSR count). The zero-order chi connectivity index (χ0) is 20.6. The van der Waals surface area contributed by atoms with Gasteiger partial charge in [-0.3, -0.25) is 9.59 Å². The van der Waals surface area contributed by atoms with Gasteiger partial charge < -0.3 is 9.47 Å². The fraction of sp³-hybridized carbons (Fsp3) is 0.500. The average molecular weight is 385 g/mol. The first-order valence-corrected chi connectivity index (χ1v) is 10.0. The molecule has 4 heteroatoms. The lowest BCUT2D eigenvalue weighted by molar-refractivity contribution is -0.147. The van der Waals surface area contributed by atoms with Crippen molar-refractivity contribution in [3.8, 4) is 0 Å². The van der Waals surface area contributed by atoms with Crippen LogP contribution in [-0.2, 0) is 25.7 Å². The van der Waals surface area contributed by atoms with Gasteiger partial charge in [0.15, 0.2) is 0 Å². The van der Waals surface area contributed by atoms with Crippen molar-refractivity contribution < 1.29 is 19.1 Å². The first-order chi connectivity index (χ1) is 13.2. The maximum Gasteiger partial charge on any atom is 0.306 e. The molecule has 0 spiro atoms. The molecule has 0 amide bonds. The number of fused-ring (bicyclic) bond motifs is 1. The van der Waals surface area contributed by atoms with E-state index in [4.69, 9.17) is 9.47 Å². The largest absolute Gasteiger partial charge is 0.465 e. The van der Waals surface area contributed by atoms with Crippen molar-refractivity contribution in [2.45, 2.75) is 60.0 Å². The molecule has 2 aromatic rings. The summed E-state index contributed by atoms with van der Waals surface area (Å²) in [7, 11) is 0. The Morgan fingerprint density at radius 2 is 1.57 bits per heavy atom. The summed E-state index contributed by atoms with van der Waals surface area (Å²) in [6.45, 7) is 9.29. The molecule has 4 nitrogen and oxygen atoms in total. The molecule has 0 aliphatic rings. The molecule has 0 fully saturated rings. The molecular formula is C24H32O4. The monoisotopic (exact) mass is 384 g/mol. The Morgan fingerprint density at radius 3 is 2.25 bits per heavy atom. The Hall–Kier alpha value is -2.36. The maximum absolute atomic E-state index is 11.9. The van der Waals surface area contributed by atoms with Crippen LogP contribution in [0.3, 0.4) is 0 Å². The Morgan fingerprint density at radius 1 is 0.929 bits per heavy atom. The summed E-state index contributed by atoms with van der Waals surface area (Å²) < 4.78 is 10.6. The van der Waals surface area contributed by atoms with Crippen LogP contribution in [0.1, 0.15) is 58.9 Å². The fourth-order valence-corrected chi connectivity index (χ4v) is 3.35. The van der Waals surface area contributed by atoms with Crippen molar-refractivity contribution in [1.29, 1.82) is 0 Å². The Kier molecular flexibility index (Phi) is 8.04. The molecule has 0 radical (unpaired) electrons. The van der Waals surface area contributed by atoms with E-state index < -0.39 is 0 Å². The topological polar surface area (TPSA) is 52.6 Å². The summed E-state index contributed by atoms with van der Waals surface area (Å²) in [6, 6.07) is 14.1. The highest BCUT2D eigenvalue weighted by atomic mass is 16.5. The number of carbonyl (C=O) groups is 2. The van der Waals surface area contributed by atoms with Crippen molar-refractivity contribution in [3.63, 3.8) is 0 Å². The standard InChI is InChI=1S/C24H32O4/c1-18(15-24(2,3)4)16-27-22(25)10-7-11-23(26)28-17-19-12-13-20-8-5-6-9-21(20)14-19/h5-6,8-9,12-14,18H,7,10-11,15-17H2,1-4H3. The highest BCUT2D eigenvalue weighted by molar-refractivity contribution is 5.83. The highest BCUT2D eigenvalue weighted by Crippen LogP contribution is 2.24. The number of hydrogen-bond acceptors (Lipinski definition) is 4. The molecule has 0 saturated carbocycles. The van der Waals surface area contributed by atoms with Gasteiger partial charge in [0.2, 0.25) is 0 Å². The van der Waals surface area contributed by atoms with Gasteiger partial charge in [-0.25, -0.2) is 0 Å². The van der Waals surface area contributed by atoms with Crippen LogP contribution in [0.5, 0.6) is 0 Å². The van der Waals surface area contributed by atoms with Crippen LogP contribution in [0.25, 0.3) is 10.8 Å². The maximum atomic E-state index is 11.9. The lowest BCUT2D eigenvalue weighted by Gasteiger charge is -2.22. The Balaban J connectivity index is 1.63. The molecule has 1 atom stereocenters. The van der Waals surface area contributed by atoms with Gasteiger partial charge in [-0.15, -0.1) is 0 Å². The molecule has 0 aliphatic heterocycles. The van der Waals surface area contributed by atoms with Crippen LogP contribution in [0.15, 0.2) is 42.5 Å². The molecule has 1 unspecified atom stereocenters. The van der Waals surface area contributed by atoms with Crippen molar-refractivity contribution >= 4 is 22.7 Å². The van der Waals surface area contributed by atoms with E-state index in [1.165, 1.54) is 0 Å². The van der Waals surface area contributed by atoms with E-state index in [1.54, 1.807) is 0 Å². The van der Waals surface area contributed by atoms with Gasteiger partial charge in [0.05, 0.1) is 6.61 Å². The van der Waals surface area contributed by atoms with Gasteiger partial charge >= 0.3 is 11.9 Å². The van der Waals surface area contributed by atoms with E-state index in [2.05, 4.69) is 27.7 Å². The molecular weight excluding hydrogens is 352 g/mol. The Labute approximate surface area is 168 Å². The first-order valence-electron chi connectivity index (χ1n) is 10.0. The van der Waals surface area contributed by atoms with E-state index in [9.17, 15) is 9.59 Å².